The van der Waals surface area contributed by atoms with Crippen molar-refractivity contribution in [2.75, 3.05) is 23.7 Å². The molecule has 1 atom stereocenters. The van der Waals surface area contributed by atoms with Crippen LogP contribution in [0.25, 0.3) is 0 Å². The zero-order valence-corrected chi connectivity index (χ0v) is 23.7. The minimum absolute atomic E-state index is 0.0411. The summed E-state index contributed by atoms with van der Waals surface area (Å²) < 4.78 is 40.0. The Morgan fingerprint density at radius 3 is 2.35 bits per heavy atom. The Morgan fingerprint density at radius 1 is 1.05 bits per heavy atom. The van der Waals surface area contributed by atoms with Gasteiger partial charge < -0.3 is 10.2 Å². The van der Waals surface area contributed by atoms with E-state index >= 15 is 0 Å². The largest absolute Gasteiger partial charge is 0.354 e. The van der Waals surface area contributed by atoms with Gasteiger partial charge in [-0.25, -0.2) is 12.8 Å². The van der Waals surface area contributed by atoms with Gasteiger partial charge in [0.25, 0.3) is 0 Å². The van der Waals surface area contributed by atoms with Gasteiger partial charge in [-0.1, -0.05) is 61.7 Å². The molecule has 0 saturated heterocycles. The first-order chi connectivity index (χ1) is 17.5. The van der Waals surface area contributed by atoms with Crippen LogP contribution in [0.4, 0.5) is 10.1 Å². The van der Waals surface area contributed by atoms with E-state index in [4.69, 9.17) is 23.2 Å². The van der Waals surface area contributed by atoms with Gasteiger partial charge in [-0.3, -0.25) is 13.9 Å². The normalized spacial score (nSPS) is 12.2. The number of halogens is 3. The van der Waals surface area contributed by atoms with Gasteiger partial charge in [0.1, 0.15) is 11.9 Å². The molecule has 0 heterocycles. The van der Waals surface area contributed by atoms with Gasteiger partial charge in [-0.2, -0.15) is 0 Å². The minimum Gasteiger partial charge on any atom is -0.354 e. The molecular formula is C26H34Cl2FN3O4S. The van der Waals surface area contributed by atoms with E-state index in [-0.39, 0.29) is 43.4 Å². The van der Waals surface area contributed by atoms with Crippen LogP contribution in [0, 0.1) is 5.82 Å². The maximum atomic E-state index is 14.3. The number of sulfonamides is 1. The Morgan fingerprint density at radius 2 is 1.76 bits per heavy atom. The topological polar surface area (TPSA) is 86.8 Å². The van der Waals surface area contributed by atoms with Crippen molar-refractivity contribution in [2.45, 2.75) is 58.5 Å². The lowest BCUT2D eigenvalue weighted by molar-refractivity contribution is -0.141. The standard InChI is InChI=1S/C26H34Cl2FN3O4S/c1-4-6-15-30-26(34)23(5-2)31(18-19-13-14-20(27)21(28)17-19)25(33)12-9-16-32(37(3,35)36)24-11-8-7-10-22(24)29/h7-8,10-11,13-14,17,23H,4-6,9,12,15-16,18H2,1-3H3,(H,30,34). The SMILES string of the molecule is CCCCNC(=O)C(CC)N(Cc1ccc(Cl)c(Cl)c1)C(=O)CCCN(c1ccccc1F)S(C)(=O)=O. The van der Waals surface area contributed by atoms with Crippen molar-refractivity contribution in [2.24, 2.45) is 0 Å². The number of nitrogens with one attached hydrogen (secondary N) is 1. The van der Waals surface area contributed by atoms with Gasteiger partial charge in [-0.15, -0.1) is 0 Å². The maximum absolute atomic E-state index is 14.3. The first-order valence-electron chi connectivity index (χ1n) is 12.2. The van der Waals surface area contributed by atoms with Crippen LogP contribution in [0.3, 0.4) is 0 Å². The van der Waals surface area contributed by atoms with Crippen LogP contribution in [-0.2, 0) is 26.2 Å². The van der Waals surface area contributed by atoms with E-state index in [0.717, 1.165) is 23.4 Å². The summed E-state index contributed by atoms with van der Waals surface area (Å²) in [5.41, 5.74) is 0.624. The average Bonchev–Trinajstić information content (AvgIpc) is 2.84. The summed E-state index contributed by atoms with van der Waals surface area (Å²) >= 11 is 12.2. The third kappa shape index (κ3) is 9.16. The molecule has 204 valence electrons. The lowest BCUT2D eigenvalue weighted by Gasteiger charge is -2.31. The summed E-state index contributed by atoms with van der Waals surface area (Å²) in [4.78, 5) is 27.9. The molecule has 0 fully saturated rings. The zero-order chi connectivity index (χ0) is 27.6. The highest BCUT2D eigenvalue weighted by molar-refractivity contribution is 7.92. The Labute approximate surface area is 229 Å². The number of unbranched alkanes of at least 4 members (excludes halogenated alkanes) is 1. The van der Waals surface area contributed by atoms with E-state index in [1.807, 2.05) is 13.8 Å². The third-order valence-corrected chi connectivity index (χ3v) is 7.74. The molecule has 2 rings (SSSR count). The van der Waals surface area contributed by atoms with Gasteiger partial charge in [0.05, 0.1) is 22.0 Å². The monoisotopic (exact) mass is 573 g/mol. The summed E-state index contributed by atoms with van der Waals surface area (Å²) in [6.07, 6.45) is 3.20. The zero-order valence-electron chi connectivity index (χ0n) is 21.3. The lowest BCUT2D eigenvalue weighted by atomic mass is 10.1. The second kappa shape index (κ2) is 14.5. The minimum atomic E-state index is -3.79. The van der Waals surface area contributed by atoms with Crippen LogP contribution in [0.1, 0.15) is 51.5 Å². The van der Waals surface area contributed by atoms with E-state index in [0.29, 0.717) is 28.6 Å². The van der Waals surface area contributed by atoms with Crippen molar-refractivity contribution in [3.63, 3.8) is 0 Å². The highest BCUT2D eigenvalue weighted by atomic mass is 35.5. The smallest absolute Gasteiger partial charge is 0.242 e. The van der Waals surface area contributed by atoms with E-state index < -0.39 is 21.9 Å². The van der Waals surface area contributed by atoms with Gasteiger partial charge >= 0.3 is 0 Å². The van der Waals surface area contributed by atoms with Crippen LogP contribution in [0.5, 0.6) is 0 Å². The Kier molecular flexibility index (Phi) is 12.1. The van der Waals surface area contributed by atoms with Crippen molar-refractivity contribution < 1.29 is 22.4 Å². The number of hydrogen-bond donors (Lipinski definition) is 1. The molecule has 0 radical (unpaired) electrons. The summed E-state index contributed by atoms with van der Waals surface area (Å²) in [5, 5.41) is 3.60. The number of anilines is 1. The molecule has 0 aliphatic carbocycles. The second-order valence-electron chi connectivity index (χ2n) is 8.73. The molecule has 0 bridgehead atoms. The molecule has 0 aliphatic heterocycles. The second-order valence-corrected chi connectivity index (χ2v) is 11.5. The van der Waals surface area contributed by atoms with Crippen LogP contribution in [0.2, 0.25) is 10.0 Å². The molecule has 0 aliphatic rings. The molecule has 0 saturated carbocycles. The van der Waals surface area contributed by atoms with E-state index in [2.05, 4.69) is 5.32 Å². The van der Waals surface area contributed by atoms with Crippen molar-refractivity contribution in [3.8, 4) is 0 Å². The van der Waals surface area contributed by atoms with E-state index in [1.54, 1.807) is 24.3 Å². The fourth-order valence-electron chi connectivity index (χ4n) is 3.90. The first kappa shape index (κ1) is 30.9. The predicted molar refractivity (Wildman–Crippen MR) is 147 cm³/mol. The van der Waals surface area contributed by atoms with Crippen molar-refractivity contribution in [1.82, 2.24) is 10.2 Å². The molecular weight excluding hydrogens is 540 g/mol. The molecule has 1 unspecified atom stereocenters. The van der Waals surface area contributed by atoms with Crippen molar-refractivity contribution in [3.05, 3.63) is 63.9 Å². The molecule has 1 N–H and O–H groups in total. The van der Waals surface area contributed by atoms with Crippen LogP contribution >= 0.6 is 23.2 Å². The van der Waals surface area contributed by atoms with Crippen LogP contribution in [0.15, 0.2) is 42.5 Å². The quantitative estimate of drug-likeness (QED) is 0.306. The average molecular weight is 575 g/mol. The van der Waals surface area contributed by atoms with Gasteiger partial charge in [-0.05, 0) is 49.1 Å². The molecule has 0 aromatic heterocycles. The fraction of sp³-hybridized carbons (Fsp3) is 0.462. The molecule has 7 nitrogen and oxygen atoms in total. The first-order valence-corrected chi connectivity index (χ1v) is 14.8. The Hall–Kier alpha value is -2.36. The number of carbonyl (C=O) groups is 2. The van der Waals surface area contributed by atoms with Crippen molar-refractivity contribution in [1.29, 1.82) is 0 Å². The number of nitrogens with zero attached hydrogens (tertiary/aromatic N) is 2. The molecule has 11 heteroatoms. The van der Waals surface area contributed by atoms with Gasteiger partial charge in [0, 0.05) is 26.1 Å². The third-order valence-electron chi connectivity index (χ3n) is 5.83. The maximum Gasteiger partial charge on any atom is 0.242 e. The number of carbonyl (C=O) groups excluding carboxylic acids is 2. The highest BCUT2D eigenvalue weighted by Gasteiger charge is 2.29. The lowest BCUT2D eigenvalue weighted by Crippen LogP contribution is -2.49. The molecule has 37 heavy (non-hydrogen) atoms. The molecule has 2 aromatic carbocycles. The summed E-state index contributed by atoms with van der Waals surface area (Å²) in [7, 11) is -3.79. The van der Waals surface area contributed by atoms with Crippen molar-refractivity contribution >= 4 is 50.7 Å². The number of rotatable bonds is 14. The van der Waals surface area contributed by atoms with Crippen LogP contribution in [-0.4, -0.2) is 50.5 Å². The number of benzene rings is 2. The van der Waals surface area contributed by atoms with Gasteiger partial charge in [0.15, 0.2) is 0 Å². The Bertz CT molecular complexity index is 1180. The summed E-state index contributed by atoms with van der Waals surface area (Å²) in [5.74, 6) is -1.26. The fourth-order valence-corrected chi connectivity index (χ4v) is 5.18. The number of hydrogen-bond acceptors (Lipinski definition) is 4. The highest BCUT2D eigenvalue weighted by Crippen LogP contribution is 2.25. The van der Waals surface area contributed by atoms with Crippen LogP contribution < -0.4 is 9.62 Å². The predicted octanol–water partition coefficient (Wildman–Crippen LogP) is 5.40. The molecule has 0 spiro atoms. The number of amides is 2. The Balaban J connectivity index is 2.23. The summed E-state index contributed by atoms with van der Waals surface area (Å²) in [6.45, 7) is 4.38. The molecule has 2 amide bonds. The number of para-hydroxylation sites is 1. The molecule has 2 aromatic rings. The van der Waals surface area contributed by atoms with E-state index in [1.165, 1.54) is 23.1 Å². The van der Waals surface area contributed by atoms with E-state index in [9.17, 15) is 22.4 Å². The van der Waals surface area contributed by atoms with Gasteiger partial charge in [0.2, 0.25) is 21.8 Å². The summed E-state index contributed by atoms with van der Waals surface area (Å²) in [6, 6.07) is 9.86.